The first-order chi connectivity index (χ1) is 10.2. The Labute approximate surface area is 124 Å². The summed E-state index contributed by atoms with van der Waals surface area (Å²) in [4.78, 5) is 13.3. The molecule has 1 aliphatic carbocycles. The smallest absolute Gasteiger partial charge is 0.223 e. The van der Waals surface area contributed by atoms with E-state index in [4.69, 9.17) is 10.5 Å². The number of benzene rings is 1. The van der Waals surface area contributed by atoms with Gasteiger partial charge in [0.2, 0.25) is 5.95 Å². The van der Waals surface area contributed by atoms with E-state index in [0.29, 0.717) is 11.6 Å². The van der Waals surface area contributed by atoms with Gasteiger partial charge >= 0.3 is 0 Å². The third-order valence-electron chi connectivity index (χ3n) is 4.14. The summed E-state index contributed by atoms with van der Waals surface area (Å²) in [5.74, 6) is 1.53. The van der Waals surface area contributed by atoms with Gasteiger partial charge in [0.15, 0.2) is 11.6 Å². The Hall–Kier alpha value is -2.01. The Morgan fingerprint density at radius 3 is 2.38 bits per heavy atom. The summed E-state index contributed by atoms with van der Waals surface area (Å²) in [7, 11) is 1.73. The molecule has 1 aromatic carbocycles. The second kappa shape index (κ2) is 5.77. The molecule has 0 unspecified atom stereocenters. The van der Waals surface area contributed by atoms with Gasteiger partial charge in [-0.1, -0.05) is 49.6 Å². The van der Waals surface area contributed by atoms with E-state index < -0.39 is 5.60 Å². The Bertz CT molecular complexity index is 609. The molecular formula is C16H20N4O. The molecule has 0 atom stereocenters. The molecule has 1 saturated carbocycles. The summed E-state index contributed by atoms with van der Waals surface area (Å²) in [6.07, 6.45) is 5.35. The second-order valence-electron chi connectivity index (χ2n) is 5.47. The first-order valence-corrected chi connectivity index (χ1v) is 7.36. The molecule has 0 amide bonds. The minimum atomic E-state index is -0.418. The van der Waals surface area contributed by atoms with E-state index in [1.54, 1.807) is 7.11 Å². The minimum Gasteiger partial charge on any atom is -0.370 e. The molecule has 0 aliphatic heterocycles. The van der Waals surface area contributed by atoms with Crippen LogP contribution in [0.15, 0.2) is 30.3 Å². The summed E-state index contributed by atoms with van der Waals surface area (Å²) in [6, 6.07) is 9.83. The minimum absolute atomic E-state index is 0.251. The van der Waals surface area contributed by atoms with Gasteiger partial charge in [0.05, 0.1) is 0 Å². The van der Waals surface area contributed by atoms with Gasteiger partial charge in [-0.05, 0) is 12.8 Å². The second-order valence-corrected chi connectivity index (χ2v) is 5.47. The third-order valence-corrected chi connectivity index (χ3v) is 4.14. The molecule has 1 heterocycles. The van der Waals surface area contributed by atoms with Crippen LogP contribution in [0.4, 0.5) is 5.95 Å². The highest BCUT2D eigenvalue weighted by atomic mass is 16.5. The molecule has 0 bridgehead atoms. The largest absolute Gasteiger partial charge is 0.370 e. The van der Waals surface area contributed by atoms with Gasteiger partial charge in [0.25, 0.3) is 0 Å². The van der Waals surface area contributed by atoms with E-state index >= 15 is 0 Å². The molecule has 0 radical (unpaired) electrons. The van der Waals surface area contributed by atoms with Crippen molar-refractivity contribution in [2.75, 3.05) is 12.8 Å². The molecule has 1 fully saturated rings. The van der Waals surface area contributed by atoms with Gasteiger partial charge in [0.1, 0.15) is 5.60 Å². The predicted molar refractivity (Wildman–Crippen MR) is 81.4 cm³/mol. The van der Waals surface area contributed by atoms with Crippen molar-refractivity contribution in [2.45, 2.75) is 37.7 Å². The van der Waals surface area contributed by atoms with Crippen molar-refractivity contribution in [3.8, 4) is 11.4 Å². The number of hydrogen-bond acceptors (Lipinski definition) is 5. The fraction of sp³-hybridized carbons (Fsp3) is 0.438. The van der Waals surface area contributed by atoms with E-state index in [2.05, 4.69) is 15.0 Å². The van der Waals surface area contributed by atoms with Crippen molar-refractivity contribution in [1.82, 2.24) is 15.0 Å². The summed E-state index contributed by atoms with van der Waals surface area (Å²) in [5, 5.41) is 0. The number of nitrogens with two attached hydrogens (primary N) is 1. The number of hydrogen-bond donors (Lipinski definition) is 1. The lowest BCUT2D eigenvalue weighted by Gasteiger charge is -2.34. The molecule has 1 aliphatic rings. The van der Waals surface area contributed by atoms with Gasteiger partial charge in [-0.15, -0.1) is 0 Å². The highest BCUT2D eigenvalue weighted by Gasteiger charge is 2.37. The Kier molecular flexibility index (Phi) is 3.84. The predicted octanol–water partition coefficient (Wildman–Crippen LogP) is 2.93. The van der Waals surface area contributed by atoms with Crippen molar-refractivity contribution in [2.24, 2.45) is 0 Å². The van der Waals surface area contributed by atoms with Crippen LogP contribution in [-0.2, 0) is 10.3 Å². The number of rotatable bonds is 3. The van der Waals surface area contributed by atoms with Gasteiger partial charge < -0.3 is 10.5 Å². The summed E-state index contributed by atoms with van der Waals surface area (Å²) in [5.41, 5.74) is 6.42. The molecule has 1 aromatic heterocycles. The molecule has 0 spiro atoms. The first kappa shape index (κ1) is 13.9. The van der Waals surface area contributed by atoms with Crippen molar-refractivity contribution in [3.05, 3.63) is 36.2 Å². The average molecular weight is 284 g/mol. The zero-order valence-corrected chi connectivity index (χ0v) is 12.2. The molecule has 110 valence electrons. The first-order valence-electron chi connectivity index (χ1n) is 7.36. The van der Waals surface area contributed by atoms with Gasteiger partial charge in [0, 0.05) is 12.7 Å². The lowest BCUT2D eigenvalue weighted by molar-refractivity contribution is -0.0514. The topological polar surface area (TPSA) is 73.9 Å². The summed E-state index contributed by atoms with van der Waals surface area (Å²) >= 11 is 0. The summed E-state index contributed by atoms with van der Waals surface area (Å²) in [6.45, 7) is 0. The van der Waals surface area contributed by atoms with Crippen molar-refractivity contribution < 1.29 is 4.74 Å². The number of nitrogen functional groups attached to an aromatic ring is 1. The van der Waals surface area contributed by atoms with Crippen LogP contribution in [0, 0.1) is 0 Å². The normalized spacial score (nSPS) is 17.6. The quantitative estimate of drug-likeness (QED) is 0.938. The van der Waals surface area contributed by atoms with Crippen LogP contribution in [0.5, 0.6) is 0 Å². The molecule has 5 heteroatoms. The number of nitrogens with zero attached hydrogens (tertiary/aromatic N) is 3. The Balaban J connectivity index is 2.05. The van der Waals surface area contributed by atoms with Crippen LogP contribution in [0.25, 0.3) is 11.4 Å². The average Bonchev–Trinajstić information content (AvgIpc) is 2.56. The highest BCUT2D eigenvalue weighted by molar-refractivity contribution is 5.55. The number of anilines is 1. The fourth-order valence-corrected chi connectivity index (χ4v) is 2.95. The zero-order chi connectivity index (χ0) is 14.7. The van der Waals surface area contributed by atoms with E-state index in [1.165, 1.54) is 6.42 Å². The van der Waals surface area contributed by atoms with Gasteiger partial charge in [-0.25, -0.2) is 4.98 Å². The number of ether oxygens (including phenoxy) is 1. The van der Waals surface area contributed by atoms with Crippen LogP contribution in [0.3, 0.4) is 0 Å². The third kappa shape index (κ3) is 2.74. The number of methoxy groups -OCH3 is 1. The molecule has 2 N–H and O–H groups in total. The maximum absolute atomic E-state index is 5.90. The molecule has 3 rings (SSSR count). The highest BCUT2D eigenvalue weighted by Crippen LogP contribution is 2.38. The van der Waals surface area contributed by atoms with Crippen LogP contribution >= 0.6 is 0 Å². The van der Waals surface area contributed by atoms with Crippen molar-refractivity contribution >= 4 is 5.95 Å². The van der Waals surface area contributed by atoms with E-state index in [-0.39, 0.29) is 5.95 Å². The summed E-state index contributed by atoms with van der Waals surface area (Å²) < 4.78 is 5.80. The zero-order valence-electron chi connectivity index (χ0n) is 12.2. The van der Waals surface area contributed by atoms with E-state index in [1.807, 2.05) is 30.3 Å². The van der Waals surface area contributed by atoms with Crippen LogP contribution in [0.1, 0.15) is 37.9 Å². The standard InChI is InChI=1S/C16H20N4O/c1-21-16(10-6-3-7-11-16)14-18-13(19-15(17)20-14)12-8-4-2-5-9-12/h2,4-5,8-9H,3,6-7,10-11H2,1H3,(H2,17,18,19,20). The molecule has 5 nitrogen and oxygen atoms in total. The maximum Gasteiger partial charge on any atom is 0.223 e. The SMILES string of the molecule is COC1(c2nc(N)nc(-c3ccccc3)n2)CCCCC1. The van der Waals surface area contributed by atoms with Crippen molar-refractivity contribution in [1.29, 1.82) is 0 Å². The monoisotopic (exact) mass is 284 g/mol. The van der Waals surface area contributed by atoms with Crippen LogP contribution in [0.2, 0.25) is 0 Å². The number of aromatic nitrogens is 3. The van der Waals surface area contributed by atoms with Crippen LogP contribution in [-0.4, -0.2) is 22.1 Å². The molecule has 2 aromatic rings. The van der Waals surface area contributed by atoms with Gasteiger partial charge in [-0.3, -0.25) is 0 Å². The van der Waals surface area contributed by atoms with E-state index in [9.17, 15) is 0 Å². The Morgan fingerprint density at radius 2 is 1.71 bits per heavy atom. The van der Waals surface area contributed by atoms with E-state index in [0.717, 1.165) is 31.2 Å². The van der Waals surface area contributed by atoms with Crippen LogP contribution < -0.4 is 5.73 Å². The molecular weight excluding hydrogens is 264 g/mol. The Morgan fingerprint density at radius 1 is 1.00 bits per heavy atom. The van der Waals surface area contributed by atoms with Gasteiger partial charge in [-0.2, -0.15) is 9.97 Å². The fourth-order valence-electron chi connectivity index (χ4n) is 2.95. The lowest BCUT2D eigenvalue weighted by atomic mass is 9.84. The molecule has 0 saturated heterocycles. The molecule has 21 heavy (non-hydrogen) atoms. The maximum atomic E-state index is 5.90. The van der Waals surface area contributed by atoms with Crippen molar-refractivity contribution in [3.63, 3.8) is 0 Å². The lowest BCUT2D eigenvalue weighted by Crippen LogP contribution is -2.34.